The molecule has 6 rings (SSSR count). The average molecular weight is 532 g/mol. The van der Waals surface area contributed by atoms with E-state index in [0.29, 0.717) is 29.5 Å². The summed E-state index contributed by atoms with van der Waals surface area (Å²) in [5.41, 5.74) is 2.68. The number of anilines is 1. The Kier molecular flexibility index (Phi) is 7.33. The maximum Gasteiger partial charge on any atom is 0.321 e. The molecule has 0 radical (unpaired) electrons. The second-order valence-corrected chi connectivity index (χ2v) is 9.66. The van der Waals surface area contributed by atoms with Crippen LogP contribution in [0.1, 0.15) is 12.8 Å². The molecule has 4 aromatic rings. The summed E-state index contributed by atoms with van der Waals surface area (Å²) in [6, 6.07) is 12.0. The van der Waals surface area contributed by atoms with Crippen LogP contribution in [0, 0.1) is 5.82 Å². The lowest BCUT2D eigenvalue weighted by molar-refractivity contribution is 0.0322. The van der Waals surface area contributed by atoms with Gasteiger partial charge in [-0.05, 0) is 55.3 Å². The number of ether oxygens (including phenoxy) is 2. The van der Waals surface area contributed by atoms with Crippen LogP contribution in [0.3, 0.4) is 0 Å². The Bertz CT molecular complexity index is 1450. The zero-order valence-electron chi connectivity index (χ0n) is 21.6. The third-order valence-corrected chi connectivity index (χ3v) is 7.00. The number of urea groups is 1. The Morgan fingerprint density at radius 3 is 2.62 bits per heavy atom. The molecule has 2 aromatic heterocycles. The number of hydrogen-bond donors (Lipinski definition) is 1. The standard InChI is InChI=1S/C28H30FN7O3/c29-24-8-5-21(31-28(37)35-9-1-2-10-35)17-23(24)26-19-36-27(32-26)30-18-25(33-36)20-3-6-22(7-4-20)39-16-13-34-11-14-38-15-12-34/h3-8,17-19H,1-2,9-16H2,(H,31,37). The lowest BCUT2D eigenvalue weighted by atomic mass is 10.1. The van der Waals surface area contributed by atoms with Crippen LogP contribution in [0.15, 0.2) is 54.9 Å². The van der Waals surface area contributed by atoms with Gasteiger partial charge in [0.2, 0.25) is 0 Å². The second kappa shape index (κ2) is 11.3. The van der Waals surface area contributed by atoms with E-state index < -0.39 is 5.82 Å². The van der Waals surface area contributed by atoms with E-state index in [1.165, 1.54) is 10.6 Å². The van der Waals surface area contributed by atoms with Crippen molar-refractivity contribution in [1.82, 2.24) is 29.4 Å². The monoisotopic (exact) mass is 531 g/mol. The molecule has 2 aliphatic rings. The number of imidazole rings is 1. The molecule has 2 saturated heterocycles. The number of halogens is 1. The van der Waals surface area contributed by atoms with Crippen molar-refractivity contribution in [3.05, 3.63) is 60.7 Å². The second-order valence-electron chi connectivity index (χ2n) is 9.66. The summed E-state index contributed by atoms with van der Waals surface area (Å²) in [5.74, 6) is 0.697. The number of benzene rings is 2. The van der Waals surface area contributed by atoms with Gasteiger partial charge < -0.3 is 19.7 Å². The van der Waals surface area contributed by atoms with Gasteiger partial charge in [0.15, 0.2) is 0 Å². The van der Waals surface area contributed by atoms with Gasteiger partial charge in [0.05, 0.1) is 31.3 Å². The number of nitrogens with one attached hydrogen (secondary N) is 1. The summed E-state index contributed by atoms with van der Waals surface area (Å²) in [6.45, 7) is 6.37. The summed E-state index contributed by atoms with van der Waals surface area (Å²) < 4.78 is 27.6. The number of hydrogen-bond acceptors (Lipinski definition) is 7. The number of amides is 2. The van der Waals surface area contributed by atoms with Crippen molar-refractivity contribution in [2.24, 2.45) is 0 Å². The largest absolute Gasteiger partial charge is 0.492 e. The molecule has 0 atom stereocenters. The van der Waals surface area contributed by atoms with Gasteiger partial charge in [0.25, 0.3) is 5.78 Å². The summed E-state index contributed by atoms with van der Waals surface area (Å²) >= 11 is 0. The predicted octanol–water partition coefficient (Wildman–Crippen LogP) is 3.94. The summed E-state index contributed by atoms with van der Waals surface area (Å²) in [5, 5.41) is 7.49. The molecule has 0 spiro atoms. The Hall–Kier alpha value is -4.09. The molecular weight excluding hydrogens is 501 g/mol. The predicted molar refractivity (Wildman–Crippen MR) is 144 cm³/mol. The average Bonchev–Trinajstić information content (AvgIpc) is 3.65. The van der Waals surface area contributed by atoms with E-state index in [0.717, 1.165) is 70.1 Å². The highest BCUT2D eigenvalue weighted by Crippen LogP contribution is 2.27. The van der Waals surface area contributed by atoms with Gasteiger partial charge in [-0.15, -0.1) is 0 Å². The quantitative estimate of drug-likeness (QED) is 0.386. The third-order valence-electron chi connectivity index (χ3n) is 7.00. The number of fused-ring (bicyclic) bond motifs is 1. The van der Waals surface area contributed by atoms with E-state index in [4.69, 9.17) is 9.47 Å². The SMILES string of the molecule is O=C(Nc1ccc(F)c(-c2cn3nc(-c4ccc(OCCN5CCOCC5)cc4)cnc3n2)c1)N1CCCC1. The molecule has 202 valence electrons. The first kappa shape index (κ1) is 25.2. The van der Waals surface area contributed by atoms with Crippen molar-refractivity contribution in [1.29, 1.82) is 0 Å². The molecule has 2 fully saturated rings. The topological polar surface area (TPSA) is 97.1 Å². The molecule has 4 heterocycles. The number of nitrogens with zero attached hydrogens (tertiary/aromatic N) is 6. The first-order valence-electron chi connectivity index (χ1n) is 13.2. The Labute approximate surface area is 225 Å². The van der Waals surface area contributed by atoms with Crippen LogP contribution in [-0.2, 0) is 4.74 Å². The van der Waals surface area contributed by atoms with E-state index >= 15 is 0 Å². The van der Waals surface area contributed by atoms with Crippen LogP contribution in [0.25, 0.3) is 28.3 Å². The summed E-state index contributed by atoms with van der Waals surface area (Å²) in [7, 11) is 0. The van der Waals surface area contributed by atoms with Crippen LogP contribution in [-0.4, -0.2) is 88.0 Å². The van der Waals surface area contributed by atoms with Gasteiger partial charge in [-0.1, -0.05) is 0 Å². The van der Waals surface area contributed by atoms with Gasteiger partial charge in [-0.2, -0.15) is 5.10 Å². The zero-order chi connectivity index (χ0) is 26.6. The van der Waals surface area contributed by atoms with Gasteiger partial charge >= 0.3 is 6.03 Å². The van der Waals surface area contributed by atoms with Crippen LogP contribution < -0.4 is 10.1 Å². The molecule has 2 aromatic carbocycles. The number of rotatable bonds is 7. The Balaban J connectivity index is 1.14. The summed E-state index contributed by atoms with van der Waals surface area (Å²) in [6.07, 6.45) is 5.28. The zero-order valence-corrected chi connectivity index (χ0v) is 21.6. The van der Waals surface area contributed by atoms with Crippen molar-refractivity contribution in [3.8, 4) is 28.3 Å². The third kappa shape index (κ3) is 5.84. The normalized spacial score (nSPS) is 16.1. The lowest BCUT2D eigenvalue weighted by Gasteiger charge is -2.26. The Morgan fingerprint density at radius 1 is 1.03 bits per heavy atom. The van der Waals surface area contributed by atoms with Crippen molar-refractivity contribution in [2.75, 3.05) is 57.9 Å². The van der Waals surface area contributed by atoms with Gasteiger partial charge in [-0.3, -0.25) is 4.90 Å². The maximum atomic E-state index is 14.8. The Morgan fingerprint density at radius 2 is 1.82 bits per heavy atom. The number of carbonyl (C=O) groups is 1. The maximum absolute atomic E-state index is 14.8. The van der Waals surface area contributed by atoms with Gasteiger partial charge in [-0.25, -0.2) is 23.7 Å². The highest BCUT2D eigenvalue weighted by atomic mass is 19.1. The molecular formula is C28H30FN7O3. The minimum absolute atomic E-state index is 0.179. The van der Waals surface area contributed by atoms with Crippen molar-refractivity contribution in [2.45, 2.75) is 12.8 Å². The smallest absolute Gasteiger partial charge is 0.321 e. The highest BCUT2D eigenvalue weighted by Gasteiger charge is 2.19. The fourth-order valence-electron chi connectivity index (χ4n) is 4.81. The molecule has 11 heteroatoms. The fourth-order valence-corrected chi connectivity index (χ4v) is 4.81. The molecule has 0 saturated carbocycles. The van der Waals surface area contributed by atoms with Crippen molar-refractivity contribution >= 4 is 17.5 Å². The van der Waals surface area contributed by atoms with Gasteiger partial charge in [0.1, 0.15) is 23.9 Å². The fraction of sp³-hybridized carbons (Fsp3) is 0.357. The first-order valence-corrected chi connectivity index (χ1v) is 13.2. The molecule has 0 bridgehead atoms. The lowest BCUT2D eigenvalue weighted by Crippen LogP contribution is -2.38. The molecule has 0 unspecified atom stereocenters. The van der Waals surface area contributed by atoms with Gasteiger partial charge in [0, 0.05) is 49.5 Å². The molecule has 0 aliphatic carbocycles. The minimum atomic E-state index is -0.443. The van der Waals surface area contributed by atoms with Crippen molar-refractivity contribution < 1.29 is 18.7 Å². The molecule has 2 amide bonds. The van der Waals surface area contributed by atoms with Crippen LogP contribution in [0.2, 0.25) is 0 Å². The summed E-state index contributed by atoms with van der Waals surface area (Å²) in [4.78, 5) is 25.4. The number of aromatic nitrogens is 4. The van der Waals surface area contributed by atoms with E-state index in [-0.39, 0.29) is 11.6 Å². The minimum Gasteiger partial charge on any atom is -0.492 e. The van der Waals surface area contributed by atoms with Crippen LogP contribution in [0.4, 0.5) is 14.9 Å². The van der Waals surface area contributed by atoms with Crippen LogP contribution >= 0.6 is 0 Å². The van der Waals surface area contributed by atoms with E-state index in [1.807, 2.05) is 24.3 Å². The van der Waals surface area contributed by atoms with Crippen molar-refractivity contribution in [3.63, 3.8) is 0 Å². The number of carbonyl (C=O) groups excluding carboxylic acids is 1. The molecule has 10 nitrogen and oxygen atoms in total. The number of likely N-dealkylation sites (tertiary alicyclic amines) is 1. The first-order chi connectivity index (χ1) is 19.1. The number of morpholine rings is 1. The van der Waals surface area contributed by atoms with Crippen LogP contribution in [0.5, 0.6) is 5.75 Å². The van der Waals surface area contributed by atoms with E-state index in [9.17, 15) is 9.18 Å². The molecule has 1 N–H and O–H groups in total. The highest BCUT2D eigenvalue weighted by molar-refractivity contribution is 5.90. The molecule has 2 aliphatic heterocycles. The molecule has 39 heavy (non-hydrogen) atoms. The van der Waals surface area contributed by atoms with E-state index in [2.05, 4.69) is 25.3 Å². The van der Waals surface area contributed by atoms with E-state index in [1.54, 1.807) is 29.4 Å².